The monoisotopic (exact) mass is 542 g/mol. The van der Waals surface area contributed by atoms with Gasteiger partial charge in [-0.3, -0.25) is 9.59 Å². The van der Waals surface area contributed by atoms with Gasteiger partial charge in [-0.2, -0.15) is 0 Å². The van der Waals surface area contributed by atoms with Crippen LogP contribution in [0.3, 0.4) is 0 Å². The smallest absolute Gasteiger partial charge is 0.259 e. The summed E-state index contributed by atoms with van der Waals surface area (Å²) in [5.74, 6) is -3.50. The summed E-state index contributed by atoms with van der Waals surface area (Å²) < 4.78 is 25.5. The van der Waals surface area contributed by atoms with E-state index in [9.17, 15) is 18.4 Å². The molecule has 34 heavy (non-hydrogen) atoms. The summed E-state index contributed by atoms with van der Waals surface area (Å²) in [6, 6.07) is 13.7. The number of nitrogens with one attached hydrogen (secondary N) is 1. The van der Waals surface area contributed by atoms with Crippen LogP contribution in [-0.2, 0) is 4.79 Å². The number of benzene rings is 3. The van der Waals surface area contributed by atoms with Crippen LogP contribution in [0.1, 0.15) is 21.8 Å². The largest absolute Gasteiger partial charge is 0.326 e. The summed E-state index contributed by atoms with van der Waals surface area (Å²) in [6.07, 6.45) is 0. The van der Waals surface area contributed by atoms with E-state index in [1.54, 1.807) is 0 Å². The Kier molecular flexibility index (Phi) is 6.80. The number of carbonyl (C=O) groups excluding carboxylic acids is 2. The molecule has 2 amide bonds. The van der Waals surface area contributed by atoms with Gasteiger partial charge in [0.25, 0.3) is 5.91 Å². The molecule has 1 fully saturated rings. The van der Waals surface area contributed by atoms with Crippen LogP contribution in [0.4, 0.5) is 20.2 Å². The molecule has 0 radical (unpaired) electrons. The predicted molar refractivity (Wildman–Crippen MR) is 131 cm³/mol. The molecule has 2 unspecified atom stereocenters. The van der Waals surface area contributed by atoms with Crippen LogP contribution in [0.2, 0.25) is 10.0 Å². The summed E-state index contributed by atoms with van der Waals surface area (Å²) in [5.41, 5.74) is 1.28. The van der Waals surface area contributed by atoms with Gasteiger partial charge in [0.1, 0.15) is 16.0 Å². The Morgan fingerprint density at radius 1 is 0.941 bits per heavy atom. The molecule has 4 nitrogen and oxygen atoms in total. The number of hydrogen-bond donors (Lipinski definition) is 1. The topological polar surface area (TPSA) is 49.4 Å². The minimum atomic E-state index is -1.45. The lowest BCUT2D eigenvalue weighted by Gasteiger charge is -2.18. The van der Waals surface area contributed by atoms with Gasteiger partial charge in [0.05, 0.1) is 16.5 Å². The zero-order valence-corrected chi connectivity index (χ0v) is 20.5. The zero-order valence-electron chi connectivity index (χ0n) is 17.5. The highest BCUT2D eigenvalue weighted by Gasteiger charge is 2.67. The van der Waals surface area contributed by atoms with Gasteiger partial charge >= 0.3 is 0 Å². The molecule has 0 heterocycles. The average Bonchev–Trinajstić information content (AvgIpc) is 3.36. The molecule has 0 spiro atoms. The minimum Gasteiger partial charge on any atom is -0.326 e. The van der Waals surface area contributed by atoms with Crippen LogP contribution in [-0.4, -0.2) is 23.2 Å². The molecular formula is C24H16Cl4F2N2O2. The van der Waals surface area contributed by atoms with E-state index in [1.165, 1.54) is 66.5 Å². The lowest BCUT2D eigenvalue weighted by atomic mass is 10.1. The van der Waals surface area contributed by atoms with Gasteiger partial charge in [0.15, 0.2) is 0 Å². The van der Waals surface area contributed by atoms with Crippen molar-refractivity contribution in [3.05, 3.63) is 93.5 Å². The molecule has 176 valence electrons. The van der Waals surface area contributed by atoms with E-state index in [1.807, 2.05) is 0 Å². The van der Waals surface area contributed by atoms with Gasteiger partial charge in [-0.1, -0.05) is 23.2 Å². The van der Waals surface area contributed by atoms with Crippen LogP contribution < -0.4 is 10.2 Å². The molecule has 2 atom stereocenters. The van der Waals surface area contributed by atoms with Gasteiger partial charge in [-0.15, -0.1) is 23.2 Å². The Labute approximate surface area is 214 Å². The Bertz CT molecular complexity index is 1260. The fraction of sp³-hybridized carbons (Fsp3) is 0.167. The Balaban J connectivity index is 1.53. The van der Waals surface area contributed by atoms with E-state index in [0.29, 0.717) is 11.3 Å². The summed E-state index contributed by atoms with van der Waals surface area (Å²) >= 11 is 24.8. The quantitative estimate of drug-likeness (QED) is 0.350. The fourth-order valence-electron chi connectivity index (χ4n) is 3.77. The lowest BCUT2D eigenvalue weighted by molar-refractivity contribution is -0.117. The second kappa shape index (κ2) is 9.34. The number of anilines is 2. The van der Waals surface area contributed by atoms with Crippen LogP contribution in [0, 0.1) is 17.6 Å². The van der Waals surface area contributed by atoms with Crippen LogP contribution >= 0.6 is 46.4 Å². The van der Waals surface area contributed by atoms with Crippen molar-refractivity contribution in [1.29, 1.82) is 0 Å². The molecule has 1 aliphatic rings. The van der Waals surface area contributed by atoms with Crippen molar-refractivity contribution in [3.63, 3.8) is 0 Å². The van der Waals surface area contributed by atoms with Crippen molar-refractivity contribution in [2.75, 3.05) is 17.3 Å². The molecular weight excluding hydrogens is 528 g/mol. The van der Waals surface area contributed by atoms with Gasteiger partial charge in [-0.05, 0) is 66.2 Å². The Morgan fingerprint density at radius 3 is 2.26 bits per heavy atom. The number of amides is 2. The maximum Gasteiger partial charge on any atom is 0.259 e. The number of alkyl halides is 2. The van der Waals surface area contributed by atoms with Crippen molar-refractivity contribution < 1.29 is 18.4 Å². The zero-order chi connectivity index (χ0) is 24.8. The van der Waals surface area contributed by atoms with E-state index in [-0.39, 0.29) is 21.3 Å². The van der Waals surface area contributed by atoms with E-state index in [2.05, 4.69) is 5.32 Å². The fourth-order valence-corrected chi connectivity index (χ4v) is 5.03. The standard InChI is InChI=1S/C24H16Cl4F2N2O2/c1-32(17-5-2-14(29)3-6-17)23(34)18-11-16(4-7-19(18)26)31-22(33)21-20(24(21,27)28)12-8-13(25)10-15(30)9-12/h2-11,20-21H,1H3,(H,31,33). The first-order valence-electron chi connectivity index (χ1n) is 9.97. The molecule has 1 aliphatic carbocycles. The highest BCUT2D eigenvalue weighted by atomic mass is 35.5. The van der Waals surface area contributed by atoms with E-state index in [0.717, 1.165) is 6.07 Å². The van der Waals surface area contributed by atoms with Crippen molar-refractivity contribution in [2.24, 2.45) is 5.92 Å². The van der Waals surface area contributed by atoms with E-state index in [4.69, 9.17) is 46.4 Å². The molecule has 10 heteroatoms. The summed E-state index contributed by atoms with van der Waals surface area (Å²) in [7, 11) is 1.52. The highest BCUT2D eigenvalue weighted by molar-refractivity contribution is 6.53. The lowest BCUT2D eigenvalue weighted by Crippen LogP contribution is -2.26. The predicted octanol–water partition coefficient (Wildman–Crippen LogP) is 7.07. The SMILES string of the molecule is CN(C(=O)c1cc(NC(=O)C2C(c3cc(F)cc(Cl)c3)C2(Cl)Cl)ccc1Cl)c1ccc(F)cc1. The second-order valence-corrected chi connectivity index (χ2v) is 10.1. The maximum absolute atomic E-state index is 13.8. The van der Waals surface area contributed by atoms with Crippen LogP contribution in [0.5, 0.6) is 0 Å². The molecule has 3 aromatic carbocycles. The molecule has 4 rings (SSSR count). The Morgan fingerprint density at radius 2 is 1.62 bits per heavy atom. The molecule has 0 aromatic heterocycles. The van der Waals surface area contributed by atoms with Gasteiger partial charge in [0.2, 0.25) is 5.91 Å². The third-order valence-corrected chi connectivity index (χ3v) is 7.05. The highest BCUT2D eigenvalue weighted by Crippen LogP contribution is 2.65. The van der Waals surface area contributed by atoms with Crippen molar-refractivity contribution >= 4 is 69.6 Å². The van der Waals surface area contributed by atoms with Crippen LogP contribution in [0.25, 0.3) is 0 Å². The van der Waals surface area contributed by atoms with Crippen LogP contribution in [0.15, 0.2) is 60.7 Å². The Hall–Kier alpha value is -2.38. The summed E-state index contributed by atoms with van der Waals surface area (Å²) in [4.78, 5) is 27.2. The number of hydrogen-bond acceptors (Lipinski definition) is 2. The molecule has 0 bridgehead atoms. The number of nitrogens with zero attached hydrogens (tertiary/aromatic N) is 1. The number of carbonyl (C=O) groups is 2. The molecule has 1 saturated carbocycles. The summed E-state index contributed by atoms with van der Waals surface area (Å²) in [5, 5.41) is 3.01. The third kappa shape index (κ3) is 4.86. The molecule has 3 aromatic rings. The van der Waals surface area contributed by atoms with Gasteiger partial charge in [-0.25, -0.2) is 8.78 Å². The third-order valence-electron chi connectivity index (χ3n) is 5.56. The summed E-state index contributed by atoms with van der Waals surface area (Å²) in [6.45, 7) is 0. The average molecular weight is 544 g/mol. The maximum atomic E-state index is 13.8. The number of rotatable bonds is 5. The molecule has 0 saturated heterocycles. The van der Waals surface area contributed by atoms with Gasteiger partial charge in [0, 0.05) is 29.4 Å². The van der Waals surface area contributed by atoms with E-state index < -0.39 is 39.6 Å². The second-order valence-electron chi connectivity index (χ2n) is 7.86. The first-order valence-corrected chi connectivity index (χ1v) is 11.5. The van der Waals surface area contributed by atoms with Gasteiger partial charge < -0.3 is 10.2 Å². The minimum absolute atomic E-state index is 0.124. The van der Waals surface area contributed by atoms with Crippen molar-refractivity contribution in [1.82, 2.24) is 0 Å². The van der Waals surface area contributed by atoms with Crippen molar-refractivity contribution in [2.45, 2.75) is 10.3 Å². The first-order chi connectivity index (χ1) is 16.0. The first kappa shape index (κ1) is 24.7. The molecule has 1 N–H and O–H groups in total. The molecule has 0 aliphatic heterocycles. The van der Waals surface area contributed by atoms with Crippen molar-refractivity contribution in [3.8, 4) is 0 Å². The van der Waals surface area contributed by atoms with E-state index >= 15 is 0 Å². The normalized spacial score (nSPS) is 18.3. The number of halogens is 6.